The Kier molecular flexibility index (Phi) is 3.14. The normalized spacial score (nSPS) is 22.7. The van der Waals surface area contributed by atoms with Crippen LogP contribution < -0.4 is 5.32 Å². The van der Waals surface area contributed by atoms with Gasteiger partial charge in [-0.1, -0.05) is 0 Å². The van der Waals surface area contributed by atoms with E-state index in [9.17, 15) is 0 Å². The Morgan fingerprint density at radius 1 is 1.37 bits per heavy atom. The number of nitrogens with zero attached hydrogens (tertiary/aromatic N) is 3. The lowest BCUT2D eigenvalue weighted by atomic mass is 9.89. The van der Waals surface area contributed by atoms with Gasteiger partial charge >= 0.3 is 0 Å². The second-order valence-corrected chi connectivity index (χ2v) is 5.49. The Balaban J connectivity index is 1.76. The first kappa shape index (κ1) is 12.4. The van der Waals surface area contributed by atoms with Crippen molar-refractivity contribution >= 4 is 16.7 Å². The Morgan fingerprint density at radius 3 is 2.84 bits per heavy atom. The molecule has 1 N–H and O–H groups in total. The van der Waals surface area contributed by atoms with Crippen molar-refractivity contribution in [3.8, 4) is 0 Å². The topological polar surface area (TPSA) is 52.0 Å². The molecule has 0 unspecified atom stereocenters. The number of nitrogens with one attached hydrogen (secondary N) is 1. The van der Waals surface area contributed by atoms with Crippen LogP contribution in [-0.4, -0.2) is 34.0 Å². The summed E-state index contributed by atoms with van der Waals surface area (Å²) in [5.41, 5.74) is 2.01. The molecule has 5 heteroatoms. The van der Waals surface area contributed by atoms with E-state index in [1.54, 1.807) is 7.11 Å². The molecule has 1 aliphatic carbocycles. The molecule has 0 saturated heterocycles. The third kappa shape index (κ3) is 2.30. The summed E-state index contributed by atoms with van der Waals surface area (Å²) < 4.78 is 7.23. The minimum atomic E-state index is 0.331. The molecule has 19 heavy (non-hydrogen) atoms. The third-order valence-electron chi connectivity index (χ3n) is 3.72. The summed E-state index contributed by atoms with van der Waals surface area (Å²) in [5.74, 6) is 0. The number of anilines is 1. The van der Waals surface area contributed by atoms with Gasteiger partial charge in [-0.3, -0.25) is 0 Å². The lowest BCUT2D eigenvalue weighted by Crippen LogP contribution is -2.40. The van der Waals surface area contributed by atoms with Gasteiger partial charge in [-0.25, -0.2) is 9.67 Å². The molecule has 2 aromatic rings. The summed E-state index contributed by atoms with van der Waals surface area (Å²) in [5, 5.41) is 8.96. The first-order valence-corrected chi connectivity index (χ1v) is 6.80. The van der Waals surface area contributed by atoms with Crippen LogP contribution in [-0.2, 0) is 4.74 Å². The summed E-state index contributed by atoms with van der Waals surface area (Å²) >= 11 is 0. The lowest BCUT2D eigenvalue weighted by Gasteiger charge is -2.35. The van der Waals surface area contributed by atoms with Gasteiger partial charge in [0.05, 0.1) is 24.2 Å². The van der Waals surface area contributed by atoms with Gasteiger partial charge in [0.25, 0.3) is 0 Å². The van der Waals surface area contributed by atoms with Gasteiger partial charge in [0.2, 0.25) is 0 Å². The van der Waals surface area contributed by atoms with Crippen LogP contribution in [0, 0.1) is 0 Å². The van der Waals surface area contributed by atoms with E-state index in [1.165, 1.54) is 0 Å². The molecule has 1 fully saturated rings. The van der Waals surface area contributed by atoms with Gasteiger partial charge in [-0.15, -0.1) is 0 Å². The smallest absolute Gasteiger partial charge is 0.158 e. The van der Waals surface area contributed by atoms with Crippen molar-refractivity contribution in [3.63, 3.8) is 0 Å². The number of methoxy groups -OCH3 is 1. The van der Waals surface area contributed by atoms with E-state index in [4.69, 9.17) is 4.74 Å². The van der Waals surface area contributed by atoms with E-state index in [0.29, 0.717) is 18.2 Å². The molecule has 3 rings (SSSR count). The fraction of sp³-hybridized carbons (Fsp3) is 0.571. The number of hydrogen-bond donors (Lipinski definition) is 1. The van der Waals surface area contributed by atoms with Crippen LogP contribution in [0.15, 0.2) is 18.5 Å². The third-order valence-corrected chi connectivity index (χ3v) is 3.72. The van der Waals surface area contributed by atoms with E-state index in [1.807, 2.05) is 17.1 Å². The number of fused-ring (bicyclic) bond motifs is 1. The molecule has 1 aliphatic rings. The average molecular weight is 260 g/mol. The minimum absolute atomic E-state index is 0.331. The van der Waals surface area contributed by atoms with Crippen molar-refractivity contribution in [1.82, 2.24) is 14.8 Å². The van der Waals surface area contributed by atoms with Crippen LogP contribution in [0.5, 0.6) is 0 Å². The van der Waals surface area contributed by atoms with Gasteiger partial charge in [-0.2, -0.15) is 5.10 Å². The first-order chi connectivity index (χ1) is 9.17. The fourth-order valence-electron chi connectivity index (χ4n) is 2.51. The minimum Gasteiger partial charge on any atom is -0.381 e. The molecule has 5 nitrogen and oxygen atoms in total. The van der Waals surface area contributed by atoms with Crippen molar-refractivity contribution in [3.05, 3.63) is 18.5 Å². The molecule has 0 spiro atoms. The maximum atomic E-state index is 5.29. The summed E-state index contributed by atoms with van der Waals surface area (Å²) in [6.45, 7) is 4.22. The molecular formula is C14H20N4O. The molecule has 0 radical (unpaired) electrons. The van der Waals surface area contributed by atoms with Gasteiger partial charge in [0.15, 0.2) is 5.65 Å². The van der Waals surface area contributed by atoms with Gasteiger partial charge in [0.1, 0.15) is 0 Å². The SMILES string of the molecule is COC1CC(Nc2cnc3c(cnn3C(C)C)c2)C1. The molecular weight excluding hydrogens is 240 g/mol. The number of rotatable bonds is 4. The van der Waals surface area contributed by atoms with Crippen LogP contribution in [0.4, 0.5) is 5.69 Å². The van der Waals surface area contributed by atoms with E-state index in [-0.39, 0.29) is 0 Å². The molecule has 0 atom stereocenters. The maximum Gasteiger partial charge on any atom is 0.158 e. The van der Waals surface area contributed by atoms with Crippen molar-refractivity contribution in [2.75, 3.05) is 12.4 Å². The van der Waals surface area contributed by atoms with Crippen LogP contribution in [0.25, 0.3) is 11.0 Å². The van der Waals surface area contributed by atoms with Crippen molar-refractivity contribution in [2.24, 2.45) is 0 Å². The molecule has 0 amide bonds. The standard InChI is InChI=1S/C14H20N4O/c1-9(2)18-14-10(7-16-18)4-12(8-15-14)17-11-5-13(6-11)19-3/h4,7-9,11,13,17H,5-6H2,1-3H3. The molecule has 0 bridgehead atoms. The molecule has 1 saturated carbocycles. The highest BCUT2D eigenvalue weighted by Crippen LogP contribution is 2.27. The van der Waals surface area contributed by atoms with Gasteiger partial charge in [-0.05, 0) is 32.8 Å². The zero-order chi connectivity index (χ0) is 13.4. The molecule has 102 valence electrons. The van der Waals surface area contributed by atoms with E-state index in [2.05, 4.69) is 35.3 Å². The van der Waals surface area contributed by atoms with E-state index in [0.717, 1.165) is 29.6 Å². The molecule has 0 aliphatic heterocycles. The molecule has 2 aromatic heterocycles. The summed E-state index contributed by atoms with van der Waals surface area (Å²) in [4.78, 5) is 4.52. The molecule has 2 heterocycles. The molecule has 0 aromatic carbocycles. The summed E-state index contributed by atoms with van der Waals surface area (Å²) in [7, 11) is 1.77. The number of ether oxygens (including phenoxy) is 1. The Hall–Kier alpha value is -1.62. The number of hydrogen-bond acceptors (Lipinski definition) is 4. The van der Waals surface area contributed by atoms with E-state index < -0.39 is 0 Å². The van der Waals surface area contributed by atoms with Crippen molar-refractivity contribution < 1.29 is 4.74 Å². The maximum absolute atomic E-state index is 5.29. The van der Waals surface area contributed by atoms with Crippen LogP contribution in [0.1, 0.15) is 32.7 Å². The largest absolute Gasteiger partial charge is 0.381 e. The second-order valence-electron chi connectivity index (χ2n) is 5.49. The highest BCUT2D eigenvalue weighted by Gasteiger charge is 2.28. The van der Waals surface area contributed by atoms with Crippen LogP contribution >= 0.6 is 0 Å². The zero-order valence-corrected chi connectivity index (χ0v) is 11.6. The number of pyridine rings is 1. The Labute approximate surface area is 113 Å². The average Bonchev–Trinajstić information content (AvgIpc) is 2.76. The van der Waals surface area contributed by atoms with E-state index >= 15 is 0 Å². The van der Waals surface area contributed by atoms with Crippen molar-refractivity contribution in [1.29, 1.82) is 0 Å². The van der Waals surface area contributed by atoms with Crippen molar-refractivity contribution in [2.45, 2.75) is 44.9 Å². The number of aromatic nitrogens is 3. The van der Waals surface area contributed by atoms with Crippen LogP contribution in [0.3, 0.4) is 0 Å². The van der Waals surface area contributed by atoms with Gasteiger partial charge < -0.3 is 10.1 Å². The summed E-state index contributed by atoms with van der Waals surface area (Å²) in [6, 6.07) is 2.95. The quantitative estimate of drug-likeness (QED) is 0.918. The fourth-order valence-corrected chi connectivity index (χ4v) is 2.51. The predicted molar refractivity (Wildman–Crippen MR) is 75.4 cm³/mol. The first-order valence-electron chi connectivity index (χ1n) is 6.80. The Morgan fingerprint density at radius 2 is 2.16 bits per heavy atom. The van der Waals surface area contributed by atoms with Crippen LogP contribution in [0.2, 0.25) is 0 Å². The lowest BCUT2D eigenvalue weighted by molar-refractivity contribution is 0.0329. The highest BCUT2D eigenvalue weighted by atomic mass is 16.5. The highest BCUT2D eigenvalue weighted by molar-refractivity contribution is 5.78. The summed E-state index contributed by atoms with van der Waals surface area (Å²) in [6.07, 6.45) is 6.33. The predicted octanol–water partition coefficient (Wildman–Crippen LogP) is 2.60. The van der Waals surface area contributed by atoms with Gasteiger partial charge in [0, 0.05) is 24.6 Å². The second kappa shape index (κ2) is 4.81. The zero-order valence-electron chi connectivity index (χ0n) is 11.6. The Bertz CT molecular complexity index is 572. The monoisotopic (exact) mass is 260 g/mol.